The van der Waals surface area contributed by atoms with Crippen LogP contribution in [0.15, 0.2) is 22.4 Å². The van der Waals surface area contributed by atoms with E-state index in [4.69, 9.17) is 5.26 Å². The molecule has 0 saturated heterocycles. The average Bonchev–Trinajstić information content (AvgIpc) is 2.64. The minimum atomic E-state index is 0.601. The Morgan fingerprint density at radius 1 is 1.41 bits per heavy atom. The van der Waals surface area contributed by atoms with Crippen LogP contribution in [0.2, 0.25) is 0 Å². The summed E-state index contributed by atoms with van der Waals surface area (Å²) >= 11 is 1.43. The monoisotopic (exact) mass is 245 g/mol. The Morgan fingerprint density at radius 2 is 2.18 bits per heavy atom. The van der Waals surface area contributed by atoms with Crippen LogP contribution >= 0.6 is 11.8 Å². The number of nitrogens with zero attached hydrogens (tertiary/aromatic N) is 5. The predicted molar refractivity (Wildman–Crippen MR) is 63.6 cm³/mol. The minimum Gasteiger partial charge on any atom is -0.257 e. The van der Waals surface area contributed by atoms with Gasteiger partial charge >= 0.3 is 0 Å². The summed E-state index contributed by atoms with van der Waals surface area (Å²) in [6, 6.07) is 4.08. The van der Waals surface area contributed by atoms with E-state index in [0.717, 1.165) is 21.4 Å². The third-order valence-corrected chi connectivity index (χ3v) is 3.37. The molecule has 17 heavy (non-hydrogen) atoms. The van der Waals surface area contributed by atoms with Gasteiger partial charge in [-0.2, -0.15) is 10.4 Å². The molecule has 0 aliphatic carbocycles. The van der Waals surface area contributed by atoms with Gasteiger partial charge in [-0.15, -0.1) is 0 Å². The zero-order chi connectivity index (χ0) is 12.4. The van der Waals surface area contributed by atoms with Crippen molar-refractivity contribution in [3.05, 3.63) is 29.3 Å². The van der Waals surface area contributed by atoms with E-state index in [1.807, 2.05) is 27.0 Å². The van der Waals surface area contributed by atoms with E-state index in [1.54, 1.807) is 4.68 Å². The van der Waals surface area contributed by atoms with Crippen LogP contribution in [0.1, 0.15) is 17.0 Å². The number of aromatic nitrogens is 4. The third-order valence-electron chi connectivity index (χ3n) is 2.28. The number of rotatable bonds is 2. The van der Waals surface area contributed by atoms with E-state index in [-0.39, 0.29) is 0 Å². The van der Waals surface area contributed by atoms with Crippen molar-refractivity contribution in [1.82, 2.24) is 19.7 Å². The lowest BCUT2D eigenvalue weighted by atomic mass is 10.2. The van der Waals surface area contributed by atoms with Crippen LogP contribution in [0.3, 0.4) is 0 Å². The summed E-state index contributed by atoms with van der Waals surface area (Å²) in [7, 11) is 1.82. The molecule has 0 atom stereocenters. The third kappa shape index (κ3) is 2.29. The Hall–Kier alpha value is -1.87. The van der Waals surface area contributed by atoms with E-state index < -0.39 is 0 Å². The van der Waals surface area contributed by atoms with E-state index in [0.29, 0.717) is 5.56 Å². The van der Waals surface area contributed by atoms with Gasteiger partial charge in [0, 0.05) is 17.6 Å². The molecule has 0 fully saturated rings. The second-order valence-corrected chi connectivity index (χ2v) is 4.61. The molecule has 0 N–H and O–H groups in total. The summed E-state index contributed by atoms with van der Waals surface area (Å²) in [6.07, 6.45) is 1.50. The van der Waals surface area contributed by atoms with Gasteiger partial charge in [0.15, 0.2) is 5.16 Å². The molecule has 2 rings (SSSR count). The van der Waals surface area contributed by atoms with Crippen molar-refractivity contribution in [2.75, 3.05) is 0 Å². The molecular weight excluding hydrogens is 234 g/mol. The van der Waals surface area contributed by atoms with Gasteiger partial charge in [-0.3, -0.25) is 4.98 Å². The normalized spacial score (nSPS) is 10.2. The molecule has 0 bridgehead atoms. The first kappa shape index (κ1) is 11.6. The smallest absolute Gasteiger partial charge is 0.190 e. The second-order valence-electron chi connectivity index (χ2n) is 3.60. The highest BCUT2D eigenvalue weighted by Gasteiger charge is 2.12. The van der Waals surface area contributed by atoms with Crippen LogP contribution in [0.4, 0.5) is 0 Å². The first-order valence-electron chi connectivity index (χ1n) is 5.02. The molecular formula is C11H11N5S. The molecule has 86 valence electrons. The predicted octanol–water partition coefficient (Wildman–Crippen LogP) is 1.85. The molecule has 0 aromatic carbocycles. The Morgan fingerprint density at radius 3 is 2.76 bits per heavy atom. The summed E-state index contributed by atoms with van der Waals surface area (Å²) in [5.74, 6) is 0. The quantitative estimate of drug-likeness (QED) is 0.807. The van der Waals surface area contributed by atoms with Gasteiger partial charge < -0.3 is 0 Å². The van der Waals surface area contributed by atoms with Crippen molar-refractivity contribution in [1.29, 1.82) is 5.26 Å². The Bertz CT molecular complexity index is 596. The minimum absolute atomic E-state index is 0.601. The average molecular weight is 245 g/mol. The van der Waals surface area contributed by atoms with Crippen LogP contribution in [0.5, 0.6) is 0 Å². The highest BCUT2D eigenvalue weighted by Crippen LogP contribution is 2.29. The summed E-state index contributed by atoms with van der Waals surface area (Å²) in [5, 5.41) is 13.9. The molecule has 2 aromatic heterocycles. The summed E-state index contributed by atoms with van der Waals surface area (Å²) in [5.41, 5.74) is 2.24. The summed E-state index contributed by atoms with van der Waals surface area (Å²) in [4.78, 5) is 9.28. The number of aryl methyl sites for hydroxylation is 3. The molecule has 0 aliphatic rings. The largest absolute Gasteiger partial charge is 0.257 e. The first-order valence-corrected chi connectivity index (χ1v) is 5.83. The first-order chi connectivity index (χ1) is 8.11. The molecule has 0 spiro atoms. The maximum atomic E-state index is 9.14. The maximum Gasteiger partial charge on any atom is 0.190 e. The SMILES string of the molecule is Cc1cc(Sc2ncnn2C)c(C#N)c(C)n1. The molecule has 6 heteroatoms. The van der Waals surface area contributed by atoms with Gasteiger partial charge in [0.05, 0.1) is 11.3 Å². The van der Waals surface area contributed by atoms with Crippen LogP contribution in [0.25, 0.3) is 0 Å². The van der Waals surface area contributed by atoms with Crippen molar-refractivity contribution in [2.45, 2.75) is 23.9 Å². The molecule has 2 heterocycles. The van der Waals surface area contributed by atoms with Crippen molar-refractivity contribution < 1.29 is 0 Å². The Labute approximate surface area is 104 Å². The lowest BCUT2D eigenvalue weighted by Crippen LogP contribution is -1.97. The van der Waals surface area contributed by atoms with Crippen molar-refractivity contribution in [2.24, 2.45) is 7.05 Å². The lowest BCUT2D eigenvalue weighted by Gasteiger charge is -2.06. The molecule has 0 amide bonds. The molecule has 2 aromatic rings. The Kier molecular flexibility index (Phi) is 3.11. The van der Waals surface area contributed by atoms with Crippen LogP contribution < -0.4 is 0 Å². The fraction of sp³-hybridized carbons (Fsp3) is 0.273. The number of hydrogen-bond acceptors (Lipinski definition) is 5. The van der Waals surface area contributed by atoms with Crippen LogP contribution in [-0.4, -0.2) is 19.7 Å². The Balaban J connectivity index is 2.46. The van der Waals surface area contributed by atoms with Crippen molar-refractivity contribution in [3.63, 3.8) is 0 Å². The van der Waals surface area contributed by atoms with Crippen LogP contribution in [-0.2, 0) is 7.05 Å². The highest BCUT2D eigenvalue weighted by molar-refractivity contribution is 7.99. The van der Waals surface area contributed by atoms with E-state index >= 15 is 0 Å². The van der Waals surface area contributed by atoms with Gasteiger partial charge in [-0.25, -0.2) is 9.67 Å². The van der Waals surface area contributed by atoms with Gasteiger partial charge in [-0.05, 0) is 31.7 Å². The van der Waals surface area contributed by atoms with Gasteiger partial charge in [-0.1, -0.05) is 0 Å². The zero-order valence-corrected chi connectivity index (χ0v) is 10.6. The van der Waals surface area contributed by atoms with Gasteiger partial charge in [0.1, 0.15) is 12.4 Å². The topological polar surface area (TPSA) is 67.4 Å². The number of pyridine rings is 1. The van der Waals surface area contributed by atoms with Crippen molar-refractivity contribution in [3.8, 4) is 6.07 Å². The van der Waals surface area contributed by atoms with Crippen LogP contribution in [0, 0.1) is 25.2 Å². The maximum absolute atomic E-state index is 9.14. The standard InChI is InChI=1S/C11H11N5S/c1-7-4-10(9(5-12)8(2)15-7)17-11-13-6-14-16(11)3/h4,6H,1-3H3. The van der Waals surface area contributed by atoms with E-state index in [1.165, 1.54) is 18.1 Å². The molecule has 5 nitrogen and oxygen atoms in total. The fourth-order valence-corrected chi connectivity index (χ4v) is 2.49. The number of hydrogen-bond donors (Lipinski definition) is 0. The van der Waals surface area contributed by atoms with Gasteiger partial charge in [0.2, 0.25) is 0 Å². The van der Waals surface area contributed by atoms with E-state index in [2.05, 4.69) is 21.1 Å². The van der Waals surface area contributed by atoms with E-state index in [9.17, 15) is 0 Å². The molecule has 0 saturated carbocycles. The molecule has 0 radical (unpaired) electrons. The second kappa shape index (κ2) is 4.55. The summed E-state index contributed by atoms with van der Waals surface area (Å²) < 4.78 is 1.68. The zero-order valence-electron chi connectivity index (χ0n) is 9.80. The number of nitriles is 1. The lowest BCUT2D eigenvalue weighted by molar-refractivity contribution is 0.685. The summed E-state index contributed by atoms with van der Waals surface area (Å²) in [6.45, 7) is 3.75. The van der Waals surface area contributed by atoms with Crippen molar-refractivity contribution >= 4 is 11.8 Å². The highest BCUT2D eigenvalue weighted by atomic mass is 32.2. The fourth-order valence-electron chi connectivity index (χ4n) is 1.49. The molecule has 0 unspecified atom stereocenters. The molecule has 0 aliphatic heterocycles. The van der Waals surface area contributed by atoms with Gasteiger partial charge in [0.25, 0.3) is 0 Å².